The molecule has 1 aliphatic rings. The largest absolute Gasteiger partial charge is 0.489 e. The summed E-state index contributed by atoms with van der Waals surface area (Å²) in [6, 6.07) is 15.8. The summed E-state index contributed by atoms with van der Waals surface area (Å²) < 4.78 is 11.2. The molecule has 2 aromatic rings. The van der Waals surface area contributed by atoms with Crippen molar-refractivity contribution < 1.29 is 14.3 Å². The van der Waals surface area contributed by atoms with Crippen LogP contribution in [-0.2, 0) is 16.1 Å². The molecule has 0 spiro atoms. The van der Waals surface area contributed by atoms with Crippen molar-refractivity contribution in [2.24, 2.45) is 5.41 Å². The lowest BCUT2D eigenvalue weighted by molar-refractivity contribution is -0.130. The standard InChI is InChI=1S/C22H28N2O3.ClH/c1-17-14-19(27-15-18-6-4-3-5-7-18)8-9-20(17)24-21(25)22(16-26-2)10-12-23-13-11-22;/h3-9,14,23H,10-13,15-16H2,1-2H3,(H,24,25);1H. The van der Waals surface area contributed by atoms with Crippen LogP contribution in [0, 0.1) is 12.3 Å². The van der Waals surface area contributed by atoms with Crippen LogP contribution in [0.15, 0.2) is 48.5 Å². The number of aryl methyl sites for hydroxylation is 1. The predicted octanol–water partition coefficient (Wildman–Crippen LogP) is 3.95. The maximum Gasteiger partial charge on any atom is 0.233 e. The van der Waals surface area contributed by atoms with Crippen LogP contribution in [0.1, 0.15) is 24.0 Å². The summed E-state index contributed by atoms with van der Waals surface area (Å²) in [6.45, 7) is 4.62. The molecule has 0 radical (unpaired) electrons. The van der Waals surface area contributed by atoms with Gasteiger partial charge in [-0.15, -0.1) is 12.4 Å². The molecule has 152 valence electrons. The summed E-state index contributed by atoms with van der Waals surface area (Å²) in [7, 11) is 1.65. The molecule has 2 N–H and O–H groups in total. The van der Waals surface area contributed by atoms with E-state index in [1.165, 1.54) is 0 Å². The molecule has 6 heteroatoms. The van der Waals surface area contributed by atoms with E-state index in [9.17, 15) is 4.79 Å². The van der Waals surface area contributed by atoms with Gasteiger partial charge < -0.3 is 20.1 Å². The number of benzene rings is 2. The van der Waals surface area contributed by atoms with Gasteiger partial charge in [-0.25, -0.2) is 0 Å². The molecule has 0 atom stereocenters. The van der Waals surface area contributed by atoms with Crippen molar-refractivity contribution >= 4 is 24.0 Å². The van der Waals surface area contributed by atoms with E-state index in [0.717, 1.165) is 48.5 Å². The highest BCUT2D eigenvalue weighted by Crippen LogP contribution is 2.32. The fourth-order valence-electron chi connectivity index (χ4n) is 3.48. The lowest BCUT2D eigenvalue weighted by Crippen LogP contribution is -2.47. The Kier molecular flexibility index (Phi) is 8.30. The highest BCUT2D eigenvalue weighted by molar-refractivity contribution is 5.96. The molecule has 28 heavy (non-hydrogen) atoms. The van der Waals surface area contributed by atoms with Crippen LogP contribution in [0.3, 0.4) is 0 Å². The number of amides is 1. The minimum Gasteiger partial charge on any atom is -0.489 e. The second-order valence-electron chi connectivity index (χ2n) is 7.17. The number of nitrogens with one attached hydrogen (secondary N) is 2. The Balaban J connectivity index is 0.00000280. The van der Waals surface area contributed by atoms with Gasteiger partial charge in [-0.1, -0.05) is 30.3 Å². The smallest absolute Gasteiger partial charge is 0.233 e. The molecular formula is C22H29ClN2O3. The SMILES string of the molecule is COCC1(C(=O)Nc2ccc(OCc3ccccc3)cc2C)CCNCC1.Cl. The van der Waals surface area contributed by atoms with E-state index in [0.29, 0.717) is 13.2 Å². The summed E-state index contributed by atoms with van der Waals surface area (Å²) in [6.07, 6.45) is 1.56. The second kappa shape index (κ2) is 10.5. The summed E-state index contributed by atoms with van der Waals surface area (Å²) in [5.74, 6) is 0.828. The highest BCUT2D eigenvalue weighted by Gasteiger charge is 2.39. The molecule has 0 unspecified atom stereocenters. The van der Waals surface area contributed by atoms with Gasteiger partial charge in [0.15, 0.2) is 0 Å². The minimum atomic E-state index is -0.463. The minimum absolute atomic E-state index is 0. The molecule has 1 amide bonds. The van der Waals surface area contributed by atoms with E-state index in [4.69, 9.17) is 9.47 Å². The van der Waals surface area contributed by atoms with Crippen molar-refractivity contribution in [1.82, 2.24) is 5.32 Å². The zero-order chi connectivity index (χ0) is 19.1. The number of carbonyl (C=O) groups is 1. The Morgan fingerprint density at radius 1 is 1.14 bits per heavy atom. The van der Waals surface area contributed by atoms with Gasteiger partial charge in [0.2, 0.25) is 5.91 Å². The summed E-state index contributed by atoms with van der Waals surface area (Å²) in [4.78, 5) is 13.0. The molecule has 1 saturated heterocycles. The van der Waals surface area contributed by atoms with Crippen molar-refractivity contribution in [1.29, 1.82) is 0 Å². The van der Waals surface area contributed by atoms with E-state index < -0.39 is 5.41 Å². The molecule has 0 aromatic heterocycles. The van der Waals surface area contributed by atoms with Crippen LogP contribution in [-0.4, -0.2) is 32.7 Å². The van der Waals surface area contributed by atoms with Gasteiger partial charge in [-0.3, -0.25) is 4.79 Å². The topological polar surface area (TPSA) is 59.6 Å². The number of carbonyl (C=O) groups excluding carboxylic acids is 1. The number of hydrogen-bond donors (Lipinski definition) is 2. The van der Waals surface area contributed by atoms with Gasteiger partial charge in [-0.05, 0) is 62.2 Å². The molecule has 1 fully saturated rings. The number of rotatable bonds is 7. The third-order valence-electron chi connectivity index (χ3n) is 5.16. The molecule has 1 heterocycles. The average Bonchev–Trinajstić information content (AvgIpc) is 2.70. The van der Waals surface area contributed by atoms with Gasteiger partial charge >= 0.3 is 0 Å². The first kappa shape index (κ1) is 22.2. The van der Waals surface area contributed by atoms with Crippen molar-refractivity contribution in [2.45, 2.75) is 26.4 Å². The van der Waals surface area contributed by atoms with E-state index in [-0.39, 0.29) is 18.3 Å². The maximum absolute atomic E-state index is 13.0. The van der Waals surface area contributed by atoms with Crippen molar-refractivity contribution in [3.63, 3.8) is 0 Å². The summed E-state index contributed by atoms with van der Waals surface area (Å²) >= 11 is 0. The first-order chi connectivity index (χ1) is 13.1. The number of hydrogen-bond acceptors (Lipinski definition) is 4. The van der Waals surface area contributed by atoms with Crippen LogP contribution >= 0.6 is 12.4 Å². The maximum atomic E-state index is 13.0. The Morgan fingerprint density at radius 2 is 1.86 bits per heavy atom. The first-order valence-electron chi connectivity index (χ1n) is 9.41. The normalized spacial score (nSPS) is 15.4. The van der Waals surface area contributed by atoms with E-state index >= 15 is 0 Å². The molecule has 0 bridgehead atoms. The van der Waals surface area contributed by atoms with Gasteiger partial charge in [0, 0.05) is 12.8 Å². The van der Waals surface area contributed by atoms with Crippen LogP contribution in [0.4, 0.5) is 5.69 Å². The number of anilines is 1. The zero-order valence-corrected chi connectivity index (χ0v) is 17.3. The monoisotopic (exact) mass is 404 g/mol. The summed E-state index contributed by atoms with van der Waals surface area (Å²) in [5.41, 5.74) is 2.46. The molecule has 5 nitrogen and oxygen atoms in total. The molecule has 2 aromatic carbocycles. The fraction of sp³-hybridized carbons (Fsp3) is 0.409. The third kappa shape index (κ3) is 5.47. The zero-order valence-electron chi connectivity index (χ0n) is 16.5. The third-order valence-corrected chi connectivity index (χ3v) is 5.16. The first-order valence-corrected chi connectivity index (χ1v) is 9.41. The molecule has 0 saturated carbocycles. The quantitative estimate of drug-likeness (QED) is 0.733. The van der Waals surface area contributed by atoms with Crippen LogP contribution in [0.2, 0.25) is 0 Å². The molecule has 1 aliphatic heterocycles. The summed E-state index contributed by atoms with van der Waals surface area (Å²) in [5, 5.41) is 6.42. The van der Waals surface area contributed by atoms with E-state index in [1.807, 2.05) is 55.5 Å². The Morgan fingerprint density at radius 3 is 2.50 bits per heavy atom. The van der Waals surface area contributed by atoms with Crippen molar-refractivity contribution in [2.75, 3.05) is 32.1 Å². The van der Waals surface area contributed by atoms with Gasteiger partial charge in [0.1, 0.15) is 12.4 Å². The molecular weight excluding hydrogens is 376 g/mol. The predicted molar refractivity (Wildman–Crippen MR) is 114 cm³/mol. The van der Waals surface area contributed by atoms with Crippen LogP contribution in [0.25, 0.3) is 0 Å². The number of halogens is 1. The lowest BCUT2D eigenvalue weighted by atomic mass is 9.78. The fourth-order valence-corrected chi connectivity index (χ4v) is 3.48. The van der Waals surface area contributed by atoms with Crippen LogP contribution < -0.4 is 15.4 Å². The van der Waals surface area contributed by atoms with Gasteiger partial charge in [0.05, 0.1) is 12.0 Å². The highest BCUT2D eigenvalue weighted by atomic mass is 35.5. The lowest BCUT2D eigenvalue weighted by Gasteiger charge is -2.35. The molecule has 0 aliphatic carbocycles. The molecule has 3 rings (SSSR count). The van der Waals surface area contributed by atoms with Crippen LogP contribution in [0.5, 0.6) is 5.75 Å². The Bertz CT molecular complexity index is 756. The second-order valence-corrected chi connectivity index (χ2v) is 7.17. The van der Waals surface area contributed by atoms with Crippen molar-refractivity contribution in [3.8, 4) is 5.75 Å². The Labute approximate surface area is 173 Å². The van der Waals surface area contributed by atoms with Gasteiger partial charge in [-0.2, -0.15) is 0 Å². The van der Waals surface area contributed by atoms with Crippen molar-refractivity contribution in [3.05, 3.63) is 59.7 Å². The number of methoxy groups -OCH3 is 1. The van der Waals surface area contributed by atoms with E-state index in [1.54, 1.807) is 7.11 Å². The Hall–Kier alpha value is -2.08. The van der Waals surface area contributed by atoms with E-state index in [2.05, 4.69) is 10.6 Å². The number of piperidine rings is 1. The number of ether oxygens (including phenoxy) is 2. The average molecular weight is 405 g/mol. The van der Waals surface area contributed by atoms with Gasteiger partial charge in [0.25, 0.3) is 0 Å².